The third-order valence-electron chi connectivity index (χ3n) is 5.31. The summed E-state index contributed by atoms with van der Waals surface area (Å²) in [6, 6.07) is 10.5. The molecule has 0 bridgehead atoms. The van der Waals surface area contributed by atoms with Gasteiger partial charge in [-0.05, 0) is 54.3 Å². The van der Waals surface area contributed by atoms with Crippen LogP contribution in [0, 0.1) is 0 Å². The van der Waals surface area contributed by atoms with E-state index in [1.807, 2.05) is 26.0 Å². The first-order valence-corrected chi connectivity index (χ1v) is 8.77. The van der Waals surface area contributed by atoms with Crippen LogP contribution in [0.5, 0.6) is 0 Å². The second kappa shape index (κ2) is 6.15. The average molecular weight is 361 g/mol. The monoisotopic (exact) mass is 361 g/mol. The van der Waals surface area contributed by atoms with Crippen LogP contribution in [-0.4, -0.2) is 25.0 Å². The number of alkyl halides is 3. The van der Waals surface area contributed by atoms with Gasteiger partial charge in [0, 0.05) is 29.8 Å². The summed E-state index contributed by atoms with van der Waals surface area (Å²) in [6.45, 7) is 9.92. The number of anilines is 1. The number of ketones is 1. The molecule has 0 N–H and O–H groups in total. The number of rotatable bonds is 4. The van der Waals surface area contributed by atoms with Gasteiger partial charge in [-0.3, -0.25) is 4.79 Å². The molecule has 1 aliphatic rings. The molecule has 5 heteroatoms. The Morgan fingerprint density at radius 3 is 2.04 bits per heavy atom. The van der Waals surface area contributed by atoms with Crippen molar-refractivity contribution in [2.45, 2.75) is 39.3 Å². The van der Waals surface area contributed by atoms with Crippen LogP contribution in [0.15, 0.2) is 36.4 Å². The minimum absolute atomic E-state index is 0.305. The maximum absolute atomic E-state index is 12.8. The first-order valence-electron chi connectivity index (χ1n) is 8.77. The van der Waals surface area contributed by atoms with Gasteiger partial charge in [-0.25, -0.2) is 0 Å². The van der Waals surface area contributed by atoms with Gasteiger partial charge in [-0.2, -0.15) is 13.2 Å². The van der Waals surface area contributed by atoms with Gasteiger partial charge in [-0.15, -0.1) is 0 Å². The number of nitrogens with zero attached hydrogens (tertiary/aromatic N) is 1. The number of fused-ring (bicyclic) bond motifs is 3. The number of halogens is 3. The van der Waals surface area contributed by atoms with Crippen molar-refractivity contribution in [3.05, 3.63) is 53.1 Å². The molecule has 0 spiro atoms. The van der Waals surface area contributed by atoms with E-state index in [2.05, 4.69) is 24.8 Å². The lowest BCUT2D eigenvalue weighted by atomic mass is 9.81. The highest BCUT2D eigenvalue weighted by Gasteiger charge is 2.41. The molecule has 0 aliphatic heterocycles. The molecule has 0 radical (unpaired) electrons. The topological polar surface area (TPSA) is 20.3 Å². The fraction of sp³-hybridized carbons (Fsp3) is 0.381. The molecular weight excluding hydrogens is 339 g/mol. The summed E-state index contributed by atoms with van der Waals surface area (Å²) >= 11 is 0. The van der Waals surface area contributed by atoms with Gasteiger partial charge < -0.3 is 4.90 Å². The molecule has 0 unspecified atom stereocenters. The van der Waals surface area contributed by atoms with Crippen LogP contribution in [-0.2, 0) is 5.41 Å². The molecule has 2 nitrogen and oxygen atoms in total. The smallest absolute Gasteiger partial charge is 0.372 e. The summed E-state index contributed by atoms with van der Waals surface area (Å²) in [5.74, 6) is -1.80. The Balaban J connectivity index is 2.12. The summed E-state index contributed by atoms with van der Waals surface area (Å²) in [5, 5.41) is 0. The van der Waals surface area contributed by atoms with Crippen molar-refractivity contribution in [3.8, 4) is 11.1 Å². The van der Waals surface area contributed by atoms with Gasteiger partial charge in [0.05, 0.1) is 0 Å². The van der Waals surface area contributed by atoms with E-state index in [1.165, 1.54) is 12.1 Å². The van der Waals surface area contributed by atoms with E-state index in [0.29, 0.717) is 0 Å². The summed E-state index contributed by atoms with van der Waals surface area (Å²) in [4.78, 5) is 13.9. The Hall–Kier alpha value is -2.30. The summed E-state index contributed by atoms with van der Waals surface area (Å²) < 4.78 is 38.4. The molecule has 0 heterocycles. The van der Waals surface area contributed by atoms with Crippen LogP contribution < -0.4 is 4.90 Å². The number of hydrogen-bond acceptors (Lipinski definition) is 2. The van der Waals surface area contributed by atoms with Crippen molar-refractivity contribution >= 4 is 11.5 Å². The van der Waals surface area contributed by atoms with E-state index in [0.717, 1.165) is 41.0 Å². The third-order valence-corrected chi connectivity index (χ3v) is 5.31. The SMILES string of the molecule is CCN(CC)c1ccc2c(c1)C(C)(C)c1cc(C(=O)C(F)(F)F)ccc1-2. The van der Waals surface area contributed by atoms with E-state index < -0.39 is 17.4 Å². The van der Waals surface area contributed by atoms with Gasteiger partial charge >= 0.3 is 6.18 Å². The first kappa shape index (κ1) is 18.5. The maximum Gasteiger partial charge on any atom is 0.454 e. The zero-order chi connectivity index (χ0) is 19.3. The molecule has 1 aliphatic carbocycles. The minimum atomic E-state index is -4.86. The Bertz CT molecular complexity index is 864. The molecule has 3 rings (SSSR count). The molecule has 138 valence electrons. The van der Waals surface area contributed by atoms with Crippen molar-refractivity contribution in [3.63, 3.8) is 0 Å². The maximum atomic E-state index is 12.8. The van der Waals surface area contributed by atoms with Crippen LogP contribution in [0.4, 0.5) is 18.9 Å². The van der Waals surface area contributed by atoms with Crippen molar-refractivity contribution in [2.75, 3.05) is 18.0 Å². The molecule has 0 aromatic heterocycles. The molecule has 0 saturated heterocycles. The van der Waals surface area contributed by atoms with Crippen LogP contribution in [0.25, 0.3) is 11.1 Å². The van der Waals surface area contributed by atoms with Crippen molar-refractivity contribution in [2.24, 2.45) is 0 Å². The minimum Gasteiger partial charge on any atom is -0.372 e. The molecule has 0 fully saturated rings. The van der Waals surface area contributed by atoms with Gasteiger partial charge in [0.1, 0.15) is 0 Å². The van der Waals surface area contributed by atoms with Crippen LogP contribution in [0.2, 0.25) is 0 Å². The van der Waals surface area contributed by atoms with E-state index in [1.54, 1.807) is 6.07 Å². The molecule has 0 saturated carbocycles. The third kappa shape index (κ3) is 2.79. The highest BCUT2D eigenvalue weighted by atomic mass is 19.4. The normalized spacial score (nSPS) is 14.7. The van der Waals surface area contributed by atoms with Gasteiger partial charge in [0.2, 0.25) is 0 Å². The molecule has 0 amide bonds. The number of carbonyl (C=O) groups excluding carboxylic acids is 1. The van der Waals surface area contributed by atoms with Crippen LogP contribution >= 0.6 is 0 Å². The Morgan fingerprint density at radius 2 is 1.50 bits per heavy atom. The molecule has 26 heavy (non-hydrogen) atoms. The number of benzene rings is 2. The lowest BCUT2D eigenvalue weighted by Gasteiger charge is -2.26. The lowest BCUT2D eigenvalue weighted by molar-refractivity contribution is -0.0885. The number of Topliss-reactive ketones (excluding diaryl/α,β-unsaturated/α-hetero) is 1. The Kier molecular flexibility index (Phi) is 4.37. The van der Waals surface area contributed by atoms with Gasteiger partial charge in [0.15, 0.2) is 0 Å². The second-order valence-corrected chi connectivity index (χ2v) is 7.11. The predicted octanol–water partition coefficient (Wildman–Crippen LogP) is 5.58. The largest absolute Gasteiger partial charge is 0.454 e. The number of hydrogen-bond donors (Lipinski definition) is 0. The van der Waals surface area contributed by atoms with E-state index in [4.69, 9.17) is 0 Å². The zero-order valence-electron chi connectivity index (χ0n) is 15.4. The summed E-state index contributed by atoms with van der Waals surface area (Å²) in [7, 11) is 0. The molecular formula is C21H22F3NO. The van der Waals surface area contributed by atoms with E-state index in [9.17, 15) is 18.0 Å². The molecule has 2 aromatic rings. The van der Waals surface area contributed by atoms with Crippen molar-refractivity contribution in [1.29, 1.82) is 0 Å². The highest BCUT2D eigenvalue weighted by Crippen LogP contribution is 2.50. The Labute approximate surface area is 151 Å². The summed E-state index contributed by atoms with van der Waals surface area (Å²) in [6.07, 6.45) is -4.86. The second-order valence-electron chi connectivity index (χ2n) is 7.11. The molecule has 2 aromatic carbocycles. The lowest BCUT2D eigenvalue weighted by Crippen LogP contribution is -2.24. The quantitative estimate of drug-likeness (QED) is 0.662. The zero-order valence-corrected chi connectivity index (χ0v) is 15.4. The van der Waals surface area contributed by atoms with E-state index in [-0.39, 0.29) is 5.56 Å². The summed E-state index contributed by atoms with van der Waals surface area (Å²) in [5.41, 5.74) is 4.09. The average Bonchev–Trinajstić information content (AvgIpc) is 2.82. The van der Waals surface area contributed by atoms with Gasteiger partial charge in [0.25, 0.3) is 5.78 Å². The standard InChI is InChI=1S/C21H22F3NO/c1-5-25(6-2)14-8-10-16-15-9-7-13(19(26)21(22,23)24)11-17(15)20(3,4)18(16)12-14/h7-12H,5-6H2,1-4H3. The van der Waals surface area contributed by atoms with Crippen LogP contribution in [0.1, 0.15) is 49.2 Å². The van der Waals surface area contributed by atoms with Crippen molar-refractivity contribution < 1.29 is 18.0 Å². The van der Waals surface area contributed by atoms with Crippen molar-refractivity contribution in [1.82, 2.24) is 0 Å². The fourth-order valence-electron chi connectivity index (χ4n) is 3.82. The molecule has 0 atom stereocenters. The number of carbonyl (C=O) groups is 1. The van der Waals surface area contributed by atoms with E-state index >= 15 is 0 Å². The Morgan fingerprint density at radius 1 is 0.962 bits per heavy atom. The highest BCUT2D eigenvalue weighted by molar-refractivity contribution is 6.01. The fourth-order valence-corrected chi connectivity index (χ4v) is 3.82. The first-order chi connectivity index (χ1) is 12.1. The predicted molar refractivity (Wildman–Crippen MR) is 98.0 cm³/mol. The van der Waals surface area contributed by atoms with Gasteiger partial charge in [-0.1, -0.05) is 32.0 Å². The van der Waals surface area contributed by atoms with Crippen LogP contribution in [0.3, 0.4) is 0 Å².